The molecule has 2 aromatic carbocycles. The Kier molecular flexibility index (Phi) is 5.72. The highest BCUT2D eigenvalue weighted by atomic mass is 32.1. The van der Waals surface area contributed by atoms with Gasteiger partial charge in [0.05, 0.1) is 11.4 Å². The lowest BCUT2D eigenvalue weighted by atomic mass is 10.1. The Labute approximate surface area is 178 Å². The number of carbonyl (C=O) groups is 3. The summed E-state index contributed by atoms with van der Waals surface area (Å²) < 4.78 is 0. The first-order valence-corrected chi connectivity index (χ1v) is 10.7. The Balaban J connectivity index is 1.43. The smallest absolute Gasteiger partial charge is 0.257 e. The highest BCUT2D eigenvalue weighted by Gasteiger charge is 2.30. The summed E-state index contributed by atoms with van der Waals surface area (Å²) in [7, 11) is 0. The SMILES string of the molecule is CCCc1ccc(-c2csc(NC(=O)c3ccc(N4C(=O)CCC4=O)cc3)n2)cc1. The molecule has 1 fully saturated rings. The van der Waals surface area contributed by atoms with E-state index in [9.17, 15) is 14.4 Å². The van der Waals surface area contributed by atoms with Gasteiger partial charge in [-0.25, -0.2) is 4.98 Å². The van der Waals surface area contributed by atoms with Gasteiger partial charge in [-0.3, -0.25) is 24.6 Å². The molecule has 1 aliphatic rings. The van der Waals surface area contributed by atoms with Crippen LogP contribution in [-0.2, 0) is 16.0 Å². The summed E-state index contributed by atoms with van der Waals surface area (Å²) in [5.74, 6) is -0.717. The summed E-state index contributed by atoms with van der Waals surface area (Å²) in [6, 6.07) is 14.7. The largest absolute Gasteiger partial charge is 0.298 e. The van der Waals surface area contributed by atoms with Gasteiger partial charge in [-0.1, -0.05) is 37.6 Å². The van der Waals surface area contributed by atoms with Crippen molar-refractivity contribution in [2.75, 3.05) is 10.2 Å². The van der Waals surface area contributed by atoms with Gasteiger partial charge in [-0.2, -0.15) is 0 Å². The Hall–Kier alpha value is -3.32. The molecule has 4 rings (SSSR count). The van der Waals surface area contributed by atoms with E-state index in [0.717, 1.165) is 24.1 Å². The normalized spacial score (nSPS) is 13.7. The van der Waals surface area contributed by atoms with Crippen LogP contribution in [0.2, 0.25) is 0 Å². The minimum atomic E-state index is -0.292. The van der Waals surface area contributed by atoms with Crippen molar-refractivity contribution in [3.8, 4) is 11.3 Å². The molecule has 152 valence electrons. The van der Waals surface area contributed by atoms with Crippen molar-refractivity contribution in [3.63, 3.8) is 0 Å². The molecule has 0 saturated carbocycles. The van der Waals surface area contributed by atoms with E-state index in [4.69, 9.17) is 0 Å². The fourth-order valence-electron chi connectivity index (χ4n) is 3.39. The number of thiazole rings is 1. The molecule has 2 heterocycles. The number of carbonyl (C=O) groups excluding carboxylic acids is 3. The average Bonchev–Trinajstić information content (AvgIpc) is 3.35. The number of amides is 3. The van der Waals surface area contributed by atoms with Crippen molar-refractivity contribution in [1.29, 1.82) is 0 Å². The number of aryl methyl sites for hydroxylation is 1. The number of aromatic nitrogens is 1. The van der Waals surface area contributed by atoms with Gasteiger partial charge in [0, 0.05) is 29.3 Å². The van der Waals surface area contributed by atoms with Crippen LogP contribution in [0.15, 0.2) is 53.9 Å². The molecular formula is C23H21N3O3S. The fraction of sp³-hybridized carbons (Fsp3) is 0.217. The van der Waals surface area contributed by atoms with Gasteiger partial charge in [-0.15, -0.1) is 11.3 Å². The molecule has 0 unspecified atom stereocenters. The zero-order valence-electron chi connectivity index (χ0n) is 16.6. The van der Waals surface area contributed by atoms with Crippen LogP contribution in [0, 0.1) is 0 Å². The molecule has 1 aromatic heterocycles. The van der Waals surface area contributed by atoms with Crippen LogP contribution < -0.4 is 10.2 Å². The van der Waals surface area contributed by atoms with Gasteiger partial charge in [0.15, 0.2) is 5.13 Å². The molecular weight excluding hydrogens is 398 g/mol. The van der Waals surface area contributed by atoms with Crippen molar-refractivity contribution in [1.82, 2.24) is 4.98 Å². The van der Waals surface area contributed by atoms with Crippen LogP contribution in [0.4, 0.5) is 10.8 Å². The predicted octanol–water partition coefficient (Wildman–Crippen LogP) is 4.67. The van der Waals surface area contributed by atoms with Crippen LogP contribution in [-0.4, -0.2) is 22.7 Å². The maximum atomic E-state index is 12.5. The highest BCUT2D eigenvalue weighted by molar-refractivity contribution is 7.14. The Morgan fingerprint density at radius 3 is 2.33 bits per heavy atom. The third kappa shape index (κ3) is 4.16. The number of anilines is 2. The Morgan fingerprint density at radius 1 is 1.03 bits per heavy atom. The molecule has 3 amide bonds. The number of rotatable bonds is 6. The van der Waals surface area contributed by atoms with Gasteiger partial charge < -0.3 is 0 Å². The second-order valence-corrected chi connectivity index (χ2v) is 7.97. The van der Waals surface area contributed by atoms with E-state index in [1.165, 1.54) is 21.8 Å². The lowest BCUT2D eigenvalue weighted by molar-refractivity contribution is -0.121. The summed E-state index contributed by atoms with van der Waals surface area (Å²) in [6.45, 7) is 2.16. The first-order valence-electron chi connectivity index (χ1n) is 9.87. The summed E-state index contributed by atoms with van der Waals surface area (Å²) >= 11 is 1.37. The van der Waals surface area contributed by atoms with E-state index in [1.54, 1.807) is 24.3 Å². The third-order valence-electron chi connectivity index (χ3n) is 4.95. The van der Waals surface area contributed by atoms with Crippen molar-refractivity contribution in [3.05, 3.63) is 65.0 Å². The zero-order chi connectivity index (χ0) is 21.1. The van der Waals surface area contributed by atoms with E-state index in [-0.39, 0.29) is 30.6 Å². The summed E-state index contributed by atoms with van der Waals surface area (Å²) in [5.41, 5.74) is 4.04. The van der Waals surface area contributed by atoms with Crippen molar-refractivity contribution in [2.24, 2.45) is 0 Å². The minimum Gasteiger partial charge on any atom is -0.298 e. The lowest BCUT2D eigenvalue weighted by Gasteiger charge is -2.13. The first-order chi connectivity index (χ1) is 14.5. The van der Waals surface area contributed by atoms with Crippen molar-refractivity contribution >= 4 is 39.9 Å². The van der Waals surface area contributed by atoms with Gasteiger partial charge >= 0.3 is 0 Å². The predicted molar refractivity (Wildman–Crippen MR) is 118 cm³/mol. The highest BCUT2D eigenvalue weighted by Crippen LogP contribution is 2.26. The number of nitrogens with one attached hydrogen (secondary N) is 1. The van der Waals surface area contributed by atoms with Gasteiger partial charge in [0.2, 0.25) is 11.8 Å². The maximum absolute atomic E-state index is 12.5. The number of benzene rings is 2. The van der Waals surface area contributed by atoms with E-state index in [2.05, 4.69) is 29.4 Å². The van der Waals surface area contributed by atoms with E-state index in [1.807, 2.05) is 17.5 Å². The van der Waals surface area contributed by atoms with Crippen LogP contribution in [0.1, 0.15) is 42.1 Å². The molecule has 0 radical (unpaired) electrons. The molecule has 3 aromatic rings. The quantitative estimate of drug-likeness (QED) is 0.589. The molecule has 1 N–H and O–H groups in total. The maximum Gasteiger partial charge on any atom is 0.257 e. The topological polar surface area (TPSA) is 79.4 Å². The number of imide groups is 1. The Morgan fingerprint density at radius 2 is 1.70 bits per heavy atom. The molecule has 7 heteroatoms. The molecule has 6 nitrogen and oxygen atoms in total. The van der Waals surface area contributed by atoms with Gasteiger partial charge in [0.25, 0.3) is 5.91 Å². The van der Waals surface area contributed by atoms with E-state index >= 15 is 0 Å². The van der Waals surface area contributed by atoms with Crippen LogP contribution >= 0.6 is 11.3 Å². The molecule has 0 spiro atoms. The monoisotopic (exact) mass is 419 g/mol. The standard InChI is InChI=1S/C23H21N3O3S/c1-2-3-15-4-6-16(7-5-15)19-14-30-23(24-19)25-22(29)17-8-10-18(11-9-17)26-20(27)12-13-21(26)28/h4-11,14H,2-3,12-13H2,1H3,(H,24,25,29). The Bertz CT molecular complexity index is 1070. The number of nitrogens with zero attached hydrogens (tertiary/aromatic N) is 2. The van der Waals surface area contributed by atoms with Crippen LogP contribution in [0.5, 0.6) is 0 Å². The molecule has 1 saturated heterocycles. The van der Waals surface area contributed by atoms with Crippen molar-refractivity contribution in [2.45, 2.75) is 32.6 Å². The van der Waals surface area contributed by atoms with Crippen molar-refractivity contribution < 1.29 is 14.4 Å². The second-order valence-electron chi connectivity index (χ2n) is 7.11. The minimum absolute atomic E-state index is 0.213. The van der Waals surface area contributed by atoms with Gasteiger partial charge in [-0.05, 0) is 36.2 Å². The van der Waals surface area contributed by atoms with E-state index in [0.29, 0.717) is 16.4 Å². The zero-order valence-corrected chi connectivity index (χ0v) is 17.4. The average molecular weight is 420 g/mol. The van der Waals surface area contributed by atoms with Crippen LogP contribution in [0.3, 0.4) is 0 Å². The third-order valence-corrected chi connectivity index (χ3v) is 5.71. The molecule has 0 atom stereocenters. The fourth-order valence-corrected chi connectivity index (χ4v) is 4.11. The molecule has 1 aliphatic heterocycles. The molecule has 0 aliphatic carbocycles. The summed E-state index contributed by atoms with van der Waals surface area (Å²) in [4.78, 5) is 41.9. The van der Waals surface area contributed by atoms with E-state index < -0.39 is 0 Å². The first kappa shape index (κ1) is 20.0. The lowest BCUT2D eigenvalue weighted by Crippen LogP contribution is -2.28. The van der Waals surface area contributed by atoms with Gasteiger partial charge in [0.1, 0.15) is 0 Å². The summed E-state index contributed by atoms with van der Waals surface area (Å²) in [6.07, 6.45) is 2.62. The van der Waals surface area contributed by atoms with Crippen LogP contribution in [0.25, 0.3) is 11.3 Å². The molecule has 30 heavy (non-hydrogen) atoms. The second kappa shape index (κ2) is 8.59. The molecule has 0 bridgehead atoms. The number of hydrogen-bond acceptors (Lipinski definition) is 5. The summed E-state index contributed by atoms with van der Waals surface area (Å²) in [5, 5.41) is 5.24. The number of hydrogen-bond donors (Lipinski definition) is 1.